The van der Waals surface area contributed by atoms with Crippen LogP contribution in [0.3, 0.4) is 0 Å². The number of nitro groups is 1. The Morgan fingerprint density at radius 3 is 2.67 bits per heavy atom. The lowest BCUT2D eigenvalue weighted by molar-refractivity contribution is -0.387. The van der Waals surface area contributed by atoms with Gasteiger partial charge in [-0.05, 0) is 30.4 Å². The summed E-state index contributed by atoms with van der Waals surface area (Å²) in [6.45, 7) is 0. The van der Waals surface area contributed by atoms with Crippen LogP contribution in [-0.2, 0) is 0 Å². The average Bonchev–Trinajstić information content (AvgIpc) is 2.38. The summed E-state index contributed by atoms with van der Waals surface area (Å²) in [6, 6.07) is 4.73. The van der Waals surface area contributed by atoms with E-state index in [9.17, 15) is 25.1 Å². The van der Waals surface area contributed by atoms with Crippen molar-refractivity contribution in [2.75, 3.05) is 0 Å². The zero-order valence-electron chi connectivity index (χ0n) is 10.3. The number of H-pyrrole nitrogens is 1. The summed E-state index contributed by atoms with van der Waals surface area (Å²) in [7, 11) is 0. The minimum Gasteiger partial charge on any atom is -0.507 e. The number of phenols is 1. The molecule has 9 heteroatoms. The quantitative estimate of drug-likeness (QED) is 0.571. The maximum atomic E-state index is 11.4. The summed E-state index contributed by atoms with van der Waals surface area (Å²) >= 11 is 3.24. The lowest BCUT2D eigenvalue weighted by Gasteiger charge is -2.00. The van der Waals surface area contributed by atoms with Crippen LogP contribution in [0.2, 0.25) is 0 Å². The fourth-order valence-electron chi connectivity index (χ4n) is 1.54. The minimum absolute atomic E-state index is 0.00271. The highest BCUT2D eigenvalue weighted by Gasteiger charge is 2.21. The van der Waals surface area contributed by atoms with Gasteiger partial charge in [0.15, 0.2) is 0 Å². The summed E-state index contributed by atoms with van der Waals surface area (Å²) < 4.78 is 0.730. The Morgan fingerprint density at radius 2 is 2.05 bits per heavy atom. The third-order valence-corrected chi connectivity index (χ3v) is 2.98. The second kappa shape index (κ2) is 5.75. The first kappa shape index (κ1) is 14.7. The fraction of sp³-hybridized carbons (Fsp3) is 0. The van der Waals surface area contributed by atoms with Crippen LogP contribution in [-0.4, -0.2) is 25.1 Å². The Hall–Kier alpha value is -2.68. The van der Waals surface area contributed by atoms with Crippen LogP contribution in [0.4, 0.5) is 5.69 Å². The van der Waals surface area contributed by atoms with Crippen LogP contribution in [0.5, 0.6) is 11.6 Å². The van der Waals surface area contributed by atoms with Crippen LogP contribution in [0.1, 0.15) is 11.4 Å². The predicted molar refractivity (Wildman–Crippen MR) is 77.9 cm³/mol. The van der Waals surface area contributed by atoms with Crippen molar-refractivity contribution in [3.8, 4) is 11.6 Å². The van der Waals surface area contributed by atoms with Gasteiger partial charge in [-0.15, -0.1) is 0 Å². The van der Waals surface area contributed by atoms with Gasteiger partial charge in [-0.1, -0.05) is 15.9 Å². The van der Waals surface area contributed by atoms with Gasteiger partial charge in [-0.2, -0.15) is 4.98 Å². The lowest BCUT2D eigenvalue weighted by atomic mass is 10.2. The highest BCUT2D eigenvalue weighted by atomic mass is 79.9. The van der Waals surface area contributed by atoms with Crippen molar-refractivity contribution in [3.05, 3.63) is 54.5 Å². The molecule has 8 nitrogen and oxygen atoms in total. The van der Waals surface area contributed by atoms with E-state index in [1.165, 1.54) is 18.2 Å². The van der Waals surface area contributed by atoms with Gasteiger partial charge in [0, 0.05) is 10.0 Å². The Labute approximate surface area is 125 Å². The smallest absolute Gasteiger partial charge is 0.395 e. The van der Waals surface area contributed by atoms with Crippen molar-refractivity contribution in [2.24, 2.45) is 0 Å². The van der Waals surface area contributed by atoms with Gasteiger partial charge in [0.05, 0.1) is 4.92 Å². The van der Waals surface area contributed by atoms with E-state index < -0.39 is 22.0 Å². The van der Waals surface area contributed by atoms with E-state index in [0.717, 1.165) is 4.47 Å². The molecule has 108 valence electrons. The van der Waals surface area contributed by atoms with E-state index in [1.807, 2.05) is 0 Å². The molecular formula is C12H8BrN3O5. The standard InChI is InChI=1S/C12H8BrN3O5/c13-7-2-3-8(17)6(5-7)1-4-9-14-11(18)10(16(20)21)12(19)15-9/h1-5,17H,(H2,14,15,18,19)/b4-1+. The number of aromatic amines is 1. The van der Waals surface area contributed by atoms with Gasteiger partial charge < -0.3 is 15.2 Å². The number of aromatic hydroxyl groups is 2. The molecular weight excluding hydrogens is 346 g/mol. The molecule has 3 N–H and O–H groups in total. The maximum Gasteiger partial charge on any atom is 0.395 e. The van der Waals surface area contributed by atoms with Gasteiger partial charge in [-0.25, -0.2) is 0 Å². The Morgan fingerprint density at radius 1 is 1.33 bits per heavy atom. The molecule has 0 unspecified atom stereocenters. The first-order valence-electron chi connectivity index (χ1n) is 5.53. The van der Waals surface area contributed by atoms with Crippen molar-refractivity contribution in [3.63, 3.8) is 0 Å². The summed E-state index contributed by atoms with van der Waals surface area (Å²) in [6.07, 6.45) is 2.73. The summed E-state index contributed by atoms with van der Waals surface area (Å²) in [5, 5.41) is 29.6. The molecule has 2 aromatic rings. The normalized spacial score (nSPS) is 10.9. The van der Waals surface area contributed by atoms with Crippen LogP contribution < -0.4 is 5.56 Å². The first-order valence-corrected chi connectivity index (χ1v) is 6.32. The van der Waals surface area contributed by atoms with Crippen LogP contribution in [0.15, 0.2) is 27.5 Å². The number of benzene rings is 1. The number of nitrogens with zero attached hydrogens (tertiary/aromatic N) is 2. The van der Waals surface area contributed by atoms with Gasteiger partial charge in [0.25, 0.3) is 5.88 Å². The van der Waals surface area contributed by atoms with Crippen molar-refractivity contribution in [1.82, 2.24) is 9.97 Å². The topological polar surface area (TPSA) is 129 Å². The molecule has 1 aromatic carbocycles. The highest BCUT2D eigenvalue weighted by Crippen LogP contribution is 2.24. The van der Waals surface area contributed by atoms with Gasteiger partial charge in [0.1, 0.15) is 11.6 Å². The van der Waals surface area contributed by atoms with E-state index in [2.05, 4.69) is 25.9 Å². The zero-order chi connectivity index (χ0) is 15.6. The molecule has 0 aliphatic carbocycles. The maximum absolute atomic E-state index is 11.4. The van der Waals surface area contributed by atoms with Gasteiger partial charge in [0.2, 0.25) is 0 Å². The molecule has 0 saturated heterocycles. The number of aromatic nitrogens is 2. The SMILES string of the molecule is O=c1[nH]c(/C=C/c2cc(Br)ccc2O)nc(O)c1[N+](=O)[O-]. The number of rotatable bonds is 3. The molecule has 0 radical (unpaired) electrons. The molecule has 0 aliphatic rings. The van der Waals surface area contributed by atoms with E-state index in [0.29, 0.717) is 5.56 Å². The van der Waals surface area contributed by atoms with E-state index in [4.69, 9.17) is 0 Å². The van der Waals surface area contributed by atoms with Crippen LogP contribution >= 0.6 is 15.9 Å². The van der Waals surface area contributed by atoms with Crippen LogP contribution in [0, 0.1) is 10.1 Å². The molecule has 0 saturated carbocycles. The number of phenolic OH excluding ortho intramolecular Hbond substituents is 1. The van der Waals surface area contributed by atoms with Crippen molar-refractivity contribution >= 4 is 33.8 Å². The summed E-state index contributed by atoms with van der Waals surface area (Å²) in [5.74, 6) is -1.05. The molecule has 2 rings (SSSR count). The van der Waals surface area contributed by atoms with E-state index >= 15 is 0 Å². The Balaban J connectivity index is 2.40. The third-order valence-electron chi connectivity index (χ3n) is 2.49. The van der Waals surface area contributed by atoms with Crippen molar-refractivity contribution in [1.29, 1.82) is 0 Å². The molecule has 0 atom stereocenters. The third kappa shape index (κ3) is 3.26. The average molecular weight is 354 g/mol. The lowest BCUT2D eigenvalue weighted by Crippen LogP contribution is -2.14. The van der Waals surface area contributed by atoms with Crippen LogP contribution in [0.25, 0.3) is 12.2 Å². The number of nitrogens with one attached hydrogen (secondary N) is 1. The molecule has 21 heavy (non-hydrogen) atoms. The first-order chi connectivity index (χ1) is 9.88. The van der Waals surface area contributed by atoms with Gasteiger partial charge in [-0.3, -0.25) is 14.9 Å². The Kier molecular flexibility index (Phi) is 4.03. The summed E-state index contributed by atoms with van der Waals surface area (Å²) in [5.41, 5.74) is -1.65. The second-order valence-electron chi connectivity index (χ2n) is 3.92. The molecule has 0 spiro atoms. The largest absolute Gasteiger partial charge is 0.507 e. The molecule has 1 aromatic heterocycles. The minimum atomic E-state index is -1.06. The summed E-state index contributed by atoms with van der Waals surface area (Å²) in [4.78, 5) is 26.6. The molecule has 0 aliphatic heterocycles. The Bertz CT molecular complexity index is 800. The molecule has 0 amide bonds. The van der Waals surface area contributed by atoms with Crippen molar-refractivity contribution < 1.29 is 15.1 Å². The van der Waals surface area contributed by atoms with Gasteiger partial charge >= 0.3 is 11.2 Å². The number of halogens is 1. The molecule has 0 bridgehead atoms. The molecule has 0 fully saturated rings. The second-order valence-corrected chi connectivity index (χ2v) is 4.83. The molecule has 1 heterocycles. The highest BCUT2D eigenvalue weighted by molar-refractivity contribution is 9.10. The van der Waals surface area contributed by atoms with Crippen molar-refractivity contribution in [2.45, 2.75) is 0 Å². The number of hydrogen-bond donors (Lipinski definition) is 3. The number of hydrogen-bond acceptors (Lipinski definition) is 6. The van der Waals surface area contributed by atoms with E-state index in [1.54, 1.807) is 12.1 Å². The predicted octanol–water partition coefficient (Wildman–Crippen LogP) is 2.02. The zero-order valence-corrected chi connectivity index (χ0v) is 11.9. The van der Waals surface area contributed by atoms with E-state index in [-0.39, 0.29) is 11.6 Å². The fourth-order valence-corrected chi connectivity index (χ4v) is 1.92. The monoisotopic (exact) mass is 353 g/mol.